The molecule has 0 bridgehead atoms. The van der Waals surface area contributed by atoms with Crippen LogP contribution in [-0.4, -0.2) is 37.1 Å². The summed E-state index contributed by atoms with van der Waals surface area (Å²) in [6.45, 7) is 12.7. The van der Waals surface area contributed by atoms with Crippen LogP contribution in [-0.2, 0) is 38.4 Å². The molecule has 1 aliphatic carbocycles. The highest BCUT2D eigenvalue weighted by atomic mass is 17.2. The molecule has 0 spiro atoms. The molecule has 1 rings (SSSR count). The Hall–Kier alpha value is -2.12. The molecule has 0 radical (unpaired) electrons. The second-order valence-electron chi connectivity index (χ2n) is 12.5. The fraction of sp³-hybridized carbons (Fsp3) is 0.857. The quantitative estimate of drug-likeness (QED) is 0.0995. The fourth-order valence-electron chi connectivity index (χ4n) is 4.05. The zero-order valence-corrected chi connectivity index (χ0v) is 23.4. The molecule has 1 fully saturated rings. The van der Waals surface area contributed by atoms with Crippen molar-refractivity contribution in [3.63, 3.8) is 0 Å². The van der Waals surface area contributed by atoms with E-state index in [2.05, 4.69) is 9.78 Å². The van der Waals surface area contributed by atoms with Gasteiger partial charge in [0.2, 0.25) is 0 Å². The summed E-state index contributed by atoms with van der Waals surface area (Å²) in [5.74, 6) is -1.75. The van der Waals surface area contributed by atoms with E-state index in [0.717, 1.165) is 38.5 Å². The molecular weight excluding hydrogens is 464 g/mol. The average molecular weight is 513 g/mol. The monoisotopic (exact) mass is 512 g/mol. The molecular formula is C28H48O8. The third-order valence-corrected chi connectivity index (χ3v) is 6.07. The average Bonchev–Trinajstić information content (AvgIpc) is 3.03. The Balaban J connectivity index is 2.33. The lowest BCUT2D eigenvalue weighted by Gasteiger charge is -2.31. The van der Waals surface area contributed by atoms with Gasteiger partial charge in [-0.15, -0.1) is 0 Å². The molecule has 0 unspecified atom stereocenters. The van der Waals surface area contributed by atoms with Crippen molar-refractivity contribution in [3.05, 3.63) is 0 Å². The smallest absolute Gasteiger partial charge is 0.355 e. The minimum atomic E-state index is -0.655. The van der Waals surface area contributed by atoms with E-state index in [4.69, 9.17) is 9.47 Å². The van der Waals surface area contributed by atoms with Crippen molar-refractivity contribution in [2.75, 3.05) is 13.2 Å². The van der Waals surface area contributed by atoms with Gasteiger partial charge in [-0.1, -0.05) is 67.2 Å². The number of carbonyl (C=O) groups is 4. The summed E-state index contributed by atoms with van der Waals surface area (Å²) in [4.78, 5) is 57.9. The van der Waals surface area contributed by atoms with Gasteiger partial charge in [0.25, 0.3) is 0 Å². The first-order valence-electron chi connectivity index (χ1n) is 13.5. The van der Waals surface area contributed by atoms with E-state index in [0.29, 0.717) is 38.9 Å². The van der Waals surface area contributed by atoms with Gasteiger partial charge in [-0.05, 0) is 49.4 Å². The molecule has 0 amide bonds. The van der Waals surface area contributed by atoms with Crippen molar-refractivity contribution in [3.8, 4) is 0 Å². The maximum absolute atomic E-state index is 13.0. The molecule has 36 heavy (non-hydrogen) atoms. The maximum atomic E-state index is 13.0. The van der Waals surface area contributed by atoms with Crippen molar-refractivity contribution in [1.29, 1.82) is 0 Å². The van der Waals surface area contributed by atoms with E-state index in [1.807, 2.05) is 41.5 Å². The van der Waals surface area contributed by atoms with Crippen LogP contribution in [0.5, 0.6) is 0 Å². The maximum Gasteiger partial charge on any atom is 0.355 e. The molecule has 1 aliphatic rings. The van der Waals surface area contributed by atoms with E-state index in [1.54, 1.807) is 0 Å². The van der Waals surface area contributed by atoms with E-state index in [9.17, 15) is 19.2 Å². The molecule has 8 nitrogen and oxygen atoms in total. The molecule has 0 saturated heterocycles. The van der Waals surface area contributed by atoms with Crippen molar-refractivity contribution in [2.45, 2.75) is 125 Å². The molecule has 0 N–H and O–H groups in total. The molecule has 0 aromatic heterocycles. The predicted molar refractivity (Wildman–Crippen MR) is 135 cm³/mol. The van der Waals surface area contributed by atoms with Gasteiger partial charge in [0.05, 0.1) is 31.5 Å². The molecule has 0 aliphatic heterocycles. The summed E-state index contributed by atoms with van der Waals surface area (Å²) in [6, 6.07) is 0. The summed E-state index contributed by atoms with van der Waals surface area (Å²) in [6.07, 6.45) is 7.93. The molecule has 0 aromatic carbocycles. The van der Waals surface area contributed by atoms with Crippen LogP contribution in [0.4, 0.5) is 0 Å². The van der Waals surface area contributed by atoms with Crippen LogP contribution in [0.3, 0.4) is 0 Å². The highest BCUT2D eigenvalue weighted by Gasteiger charge is 2.40. The lowest BCUT2D eigenvalue weighted by atomic mass is 9.76. The Morgan fingerprint density at radius 2 is 1.06 bits per heavy atom. The number of ether oxygens (including phenoxy) is 2. The van der Waals surface area contributed by atoms with Gasteiger partial charge < -0.3 is 9.47 Å². The largest absolute Gasteiger partial charge is 0.465 e. The van der Waals surface area contributed by atoms with E-state index >= 15 is 0 Å². The summed E-state index contributed by atoms with van der Waals surface area (Å²) in [5, 5.41) is 0. The van der Waals surface area contributed by atoms with Crippen LogP contribution in [0.25, 0.3) is 0 Å². The minimum absolute atomic E-state index is 0.0442. The second-order valence-corrected chi connectivity index (χ2v) is 12.5. The summed E-state index contributed by atoms with van der Waals surface area (Å²) in [5.41, 5.74) is -0.757. The topological polar surface area (TPSA) is 105 Å². The Labute approximate surface area is 217 Å². The fourth-order valence-corrected chi connectivity index (χ4v) is 4.05. The van der Waals surface area contributed by atoms with E-state index in [1.165, 1.54) is 0 Å². The van der Waals surface area contributed by atoms with Crippen LogP contribution < -0.4 is 0 Å². The van der Waals surface area contributed by atoms with Crippen LogP contribution in [0.1, 0.15) is 125 Å². The van der Waals surface area contributed by atoms with Gasteiger partial charge in [0, 0.05) is 6.42 Å². The van der Waals surface area contributed by atoms with Crippen LogP contribution in [0.2, 0.25) is 0 Å². The molecule has 208 valence electrons. The highest BCUT2D eigenvalue weighted by Crippen LogP contribution is 2.41. The van der Waals surface area contributed by atoms with Crippen molar-refractivity contribution < 1.29 is 38.4 Å². The Morgan fingerprint density at radius 1 is 0.611 bits per heavy atom. The van der Waals surface area contributed by atoms with Crippen LogP contribution in [0, 0.1) is 16.2 Å². The lowest BCUT2D eigenvalue weighted by molar-refractivity contribution is -0.259. The Morgan fingerprint density at radius 3 is 1.56 bits per heavy atom. The molecule has 0 heterocycles. The zero-order valence-electron chi connectivity index (χ0n) is 23.4. The summed E-state index contributed by atoms with van der Waals surface area (Å²) in [7, 11) is 0. The summed E-state index contributed by atoms with van der Waals surface area (Å²) < 4.78 is 10.9. The van der Waals surface area contributed by atoms with Gasteiger partial charge in [0.15, 0.2) is 0 Å². The van der Waals surface area contributed by atoms with E-state index in [-0.39, 0.29) is 42.0 Å². The van der Waals surface area contributed by atoms with Gasteiger partial charge in [-0.3, -0.25) is 9.59 Å². The predicted octanol–water partition coefficient (Wildman–Crippen LogP) is 6.24. The first kappa shape index (κ1) is 31.9. The first-order chi connectivity index (χ1) is 16.7. The number of carbonyl (C=O) groups excluding carboxylic acids is 4. The van der Waals surface area contributed by atoms with Gasteiger partial charge >= 0.3 is 23.9 Å². The molecule has 1 saturated carbocycles. The number of hydrogen-bond donors (Lipinski definition) is 0. The third kappa shape index (κ3) is 14.4. The Kier molecular flexibility index (Phi) is 13.5. The van der Waals surface area contributed by atoms with Gasteiger partial charge in [-0.2, -0.15) is 0 Å². The van der Waals surface area contributed by atoms with Gasteiger partial charge in [0.1, 0.15) is 0 Å². The number of rotatable bonds is 12. The van der Waals surface area contributed by atoms with Crippen molar-refractivity contribution in [2.24, 2.45) is 16.2 Å². The van der Waals surface area contributed by atoms with Crippen LogP contribution >= 0.6 is 0 Å². The zero-order chi connectivity index (χ0) is 27.2. The normalized spacial score (nSPS) is 15.9. The van der Waals surface area contributed by atoms with E-state index < -0.39 is 17.4 Å². The first-order valence-corrected chi connectivity index (χ1v) is 13.5. The van der Waals surface area contributed by atoms with Crippen molar-refractivity contribution in [1.82, 2.24) is 0 Å². The van der Waals surface area contributed by atoms with Gasteiger partial charge in [-0.25, -0.2) is 19.4 Å². The van der Waals surface area contributed by atoms with Crippen molar-refractivity contribution >= 4 is 23.9 Å². The van der Waals surface area contributed by atoms with Crippen LogP contribution in [0.15, 0.2) is 0 Å². The number of hydrogen-bond acceptors (Lipinski definition) is 8. The standard InChI is InChI=1S/C28H48O8/c1-26(2,3)20-33-22(29)14-9-10-15-23(30)35-36-24(31)16-13-19-28(17-11-7-8-12-18-28)25(32)34-21-27(4,5)6/h7-21H2,1-6H3. The highest BCUT2D eigenvalue weighted by molar-refractivity contribution is 5.77. The molecule has 8 heteroatoms. The third-order valence-electron chi connectivity index (χ3n) is 6.07. The molecule has 0 atom stereocenters. The Bertz CT molecular complexity index is 706. The second kappa shape index (κ2) is 15.2. The SMILES string of the molecule is CC(C)(C)COC(=O)CCCCC(=O)OOC(=O)CCCC1(C(=O)OCC(C)(C)C)CCCCCC1. The number of esters is 2. The summed E-state index contributed by atoms with van der Waals surface area (Å²) >= 11 is 0. The minimum Gasteiger partial charge on any atom is -0.465 e. The molecule has 0 aromatic rings. The number of unbranched alkanes of at least 4 members (excludes halogenated alkanes) is 1. The lowest BCUT2D eigenvalue weighted by Crippen LogP contribution is -2.35.